The number of halogens is 2. The monoisotopic (exact) mass is 253 g/mol. The van der Waals surface area contributed by atoms with Crippen LogP contribution in [0.5, 0.6) is 0 Å². The quantitative estimate of drug-likeness (QED) is 0.787. The molecule has 0 atom stereocenters. The van der Waals surface area contributed by atoms with Crippen molar-refractivity contribution >= 4 is 11.6 Å². The van der Waals surface area contributed by atoms with Crippen molar-refractivity contribution in [3.63, 3.8) is 0 Å². The summed E-state index contributed by atoms with van der Waals surface area (Å²) in [7, 11) is 0. The van der Waals surface area contributed by atoms with Gasteiger partial charge in [0.15, 0.2) is 5.82 Å². The average Bonchev–Trinajstić information content (AvgIpc) is 2.74. The van der Waals surface area contributed by atoms with Crippen LogP contribution in [0.15, 0.2) is 18.2 Å². The van der Waals surface area contributed by atoms with Gasteiger partial charge in [-0.25, -0.2) is 4.39 Å². The van der Waals surface area contributed by atoms with Crippen LogP contribution in [-0.2, 0) is 12.4 Å². The largest absolute Gasteiger partial charge is 0.310 e. The van der Waals surface area contributed by atoms with E-state index in [1.54, 1.807) is 6.07 Å². The van der Waals surface area contributed by atoms with Gasteiger partial charge in [0.1, 0.15) is 11.6 Å². The molecule has 0 aliphatic heterocycles. The van der Waals surface area contributed by atoms with Crippen molar-refractivity contribution in [2.75, 3.05) is 0 Å². The molecule has 0 aliphatic rings. The predicted molar refractivity (Wildman–Crippen MR) is 65.4 cm³/mol. The zero-order chi connectivity index (χ0) is 12.4. The van der Waals surface area contributed by atoms with E-state index in [9.17, 15) is 4.39 Å². The van der Waals surface area contributed by atoms with Crippen molar-refractivity contribution in [3.8, 4) is 11.4 Å². The van der Waals surface area contributed by atoms with E-state index >= 15 is 0 Å². The lowest BCUT2D eigenvalue weighted by molar-refractivity contribution is 0.627. The SMILES string of the molecule is CCn1c(CCl)nnc1-c1cc(F)ccc1C. The Kier molecular flexibility index (Phi) is 3.43. The molecule has 2 aromatic rings. The lowest BCUT2D eigenvalue weighted by atomic mass is 10.1. The Labute approximate surface area is 104 Å². The van der Waals surface area contributed by atoms with E-state index in [2.05, 4.69) is 10.2 Å². The maximum absolute atomic E-state index is 13.3. The van der Waals surface area contributed by atoms with Crippen LogP contribution >= 0.6 is 11.6 Å². The highest BCUT2D eigenvalue weighted by atomic mass is 35.5. The second kappa shape index (κ2) is 4.84. The minimum Gasteiger partial charge on any atom is -0.310 e. The van der Waals surface area contributed by atoms with E-state index < -0.39 is 0 Å². The van der Waals surface area contributed by atoms with Gasteiger partial charge in [0.2, 0.25) is 0 Å². The summed E-state index contributed by atoms with van der Waals surface area (Å²) in [6.45, 7) is 4.61. The Bertz CT molecular complexity index is 537. The van der Waals surface area contributed by atoms with E-state index in [1.807, 2.05) is 18.4 Å². The van der Waals surface area contributed by atoms with E-state index in [0.717, 1.165) is 11.1 Å². The van der Waals surface area contributed by atoms with Gasteiger partial charge in [0.05, 0.1) is 5.88 Å². The highest BCUT2D eigenvalue weighted by molar-refractivity contribution is 6.16. The number of nitrogens with zero attached hydrogens (tertiary/aromatic N) is 3. The van der Waals surface area contributed by atoms with Crippen molar-refractivity contribution in [2.24, 2.45) is 0 Å². The molecule has 2 rings (SSSR count). The van der Waals surface area contributed by atoms with Crippen LogP contribution in [0.1, 0.15) is 18.3 Å². The molecule has 0 bridgehead atoms. The summed E-state index contributed by atoms with van der Waals surface area (Å²) in [5.74, 6) is 1.39. The first-order valence-electron chi connectivity index (χ1n) is 5.42. The third-order valence-corrected chi connectivity index (χ3v) is 2.94. The zero-order valence-electron chi connectivity index (χ0n) is 9.74. The van der Waals surface area contributed by atoms with Crippen molar-refractivity contribution < 1.29 is 4.39 Å². The molecule has 0 saturated heterocycles. The minimum atomic E-state index is -0.274. The Morgan fingerprint density at radius 2 is 2.12 bits per heavy atom. The molecular formula is C12H13ClFN3. The molecule has 0 N–H and O–H groups in total. The Morgan fingerprint density at radius 1 is 1.35 bits per heavy atom. The van der Waals surface area contributed by atoms with E-state index in [0.29, 0.717) is 24.1 Å². The molecule has 0 saturated carbocycles. The number of hydrogen-bond donors (Lipinski definition) is 0. The second-order valence-corrected chi connectivity index (χ2v) is 4.04. The lowest BCUT2D eigenvalue weighted by Crippen LogP contribution is -2.03. The summed E-state index contributed by atoms with van der Waals surface area (Å²) in [5.41, 5.74) is 1.73. The molecule has 1 heterocycles. The van der Waals surface area contributed by atoms with Crippen LogP contribution in [0.25, 0.3) is 11.4 Å². The van der Waals surface area contributed by atoms with E-state index in [-0.39, 0.29) is 5.82 Å². The van der Waals surface area contributed by atoms with Gasteiger partial charge in [-0.2, -0.15) is 0 Å². The second-order valence-electron chi connectivity index (χ2n) is 3.78. The molecule has 90 valence electrons. The molecule has 0 amide bonds. The fourth-order valence-electron chi connectivity index (χ4n) is 1.80. The molecular weight excluding hydrogens is 241 g/mol. The summed E-state index contributed by atoms with van der Waals surface area (Å²) < 4.78 is 15.2. The van der Waals surface area contributed by atoms with Gasteiger partial charge in [-0.1, -0.05) is 6.07 Å². The van der Waals surface area contributed by atoms with Gasteiger partial charge in [-0.15, -0.1) is 21.8 Å². The van der Waals surface area contributed by atoms with Gasteiger partial charge in [-0.05, 0) is 31.5 Å². The van der Waals surface area contributed by atoms with Gasteiger partial charge in [0.25, 0.3) is 0 Å². The Morgan fingerprint density at radius 3 is 2.76 bits per heavy atom. The van der Waals surface area contributed by atoms with Crippen molar-refractivity contribution in [1.82, 2.24) is 14.8 Å². The smallest absolute Gasteiger partial charge is 0.164 e. The summed E-state index contributed by atoms with van der Waals surface area (Å²) in [5, 5.41) is 8.10. The van der Waals surface area contributed by atoms with Crippen LogP contribution in [0.3, 0.4) is 0 Å². The number of alkyl halides is 1. The van der Waals surface area contributed by atoms with Crippen LogP contribution in [-0.4, -0.2) is 14.8 Å². The maximum Gasteiger partial charge on any atom is 0.164 e. The molecule has 3 nitrogen and oxygen atoms in total. The highest BCUT2D eigenvalue weighted by Gasteiger charge is 2.14. The predicted octanol–water partition coefficient (Wildman–Crippen LogP) is 3.15. The van der Waals surface area contributed by atoms with Gasteiger partial charge in [0, 0.05) is 12.1 Å². The van der Waals surface area contributed by atoms with Crippen LogP contribution < -0.4 is 0 Å². The third kappa shape index (κ3) is 2.17. The first-order valence-corrected chi connectivity index (χ1v) is 5.95. The van der Waals surface area contributed by atoms with Crippen LogP contribution in [0, 0.1) is 12.7 Å². The summed E-state index contributed by atoms with van der Waals surface area (Å²) in [4.78, 5) is 0. The molecule has 0 radical (unpaired) electrons. The zero-order valence-corrected chi connectivity index (χ0v) is 10.5. The first-order chi connectivity index (χ1) is 8.17. The van der Waals surface area contributed by atoms with Gasteiger partial charge >= 0.3 is 0 Å². The number of benzene rings is 1. The molecule has 1 aromatic heterocycles. The van der Waals surface area contributed by atoms with E-state index in [4.69, 9.17) is 11.6 Å². The fraction of sp³-hybridized carbons (Fsp3) is 0.333. The molecule has 0 aliphatic carbocycles. The normalized spacial score (nSPS) is 10.8. The molecule has 0 fully saturated rings. The van der Waals surface area contributed by atoms with E-state index in [1.165, 1.54) is 12.1 Å². The molecule has 0 spiro atoms. The Hall–Kier alpha value is -1.42. The minimum absolute atomic E-state index is 0.274. The lowest BCUT2D eigenvalue weighted by Gasteiger charge is -2.08. The summed E-state index contributed by atoms with van der Waals surface area (Å²) >= 11 is 5.79. The summed E-state index contributed by atoms with van der Waals surface area (Å²) in [6, 6.07) is 4.65. The van der Waals surface area contributed by atoms with Crippen LogP contribution in [0.2, 0.25) is 0 Å². The molecule has 5 heteroatoms. The first kappa shape index (κ1) is 12.0. The van der Waals surface area contributed by atoms with Crippen molar-refractivity contribution in [1.29, 1.82) is 0 Å². The van der Waals surface area contributed by atoms with Gasteiger partial charge in [-0.3, -0.25) is 0 Å². The summed E-state index contributed by atoms with van der Waals surface area (Å²) in [6.07, 6.45) is 0. The fourth-order valence-corrected chi connectivity index (χ4v) is 2.00. The number of hydrogen-bond acceptors (Lipinski definition) is 2. The maximum atomic E-state index is 13.3. The standard InChI is InChI=1S/C12H13ClFN3/c1-3-17-11(7-13)15-16-12(17)10-6-9(14)5-4-8(10)2/h4-6H,3,7H2,1-2H3. The number of rotatable bonds is 3. The third-order valence-electron chi connectivity index (χ3n) is 2.70. The molecule has 1 aromatic carbocycles. The highest BCUT2D eigenvalue weighted by Crippen LogP contribution is 2.23. The molecule has 0 unspecified atom stereocenters. The molecule has 17 heavy (non-hydrogen) atoms. The Balaban J connectivity index is 2.59. The van der Waals surface area contributed by atoms with Crippen molar-refractivity contribution in [3.05, 3.63) is 35.4 Å². The van der Waals surface area contributed by atoms with Gasteiger partial charge < -0.3 is 4.57 Å². The van der Waals surface area contributed by atoms with Crippen LogP contribution in [0.4, 0.5) is 4.39 Å². The number of aryl methyl sites for hydroxylation is 1. The average molecular weight is 254 g/mol. The van der Waals surface area contributed by atoms with Crippen molar-refractivity contribution in [2.45, 2.75) is 26.3 Å². The topological polar surface area (TPSA) is 30.7 Å². The number of aromatic nitrogens is 3.